The second-order valence-electron chi connectivity index (χ2n) is 9.17. The van der Waals surface area contributed by atoms with Gasteiger partial charge < -0.3 is 4.90 Å². The molecule has 0 spiro atoms. The molecule has 0 aliphatic carbocycles. The zero-order valence-electron chi connectivity index (χ0n) is 21.7. The molecule has 190 valence electrons. The molecule has 0 radical (unpaired) electrons. The molecule has 0 saturated carbocycles. The van der Waals surface area contributed by atoms with Crippen LogP contribution in [0.2, 0.25) is 0 Å². The second-order valence-corrected chi connectivity index (χ2v) is 11.6. The maximum absolute atomic E-state index is 4.66. The van der Waals surface area contributed by atoms with E-state index in [-0.39, 0.29) is 0 Å². The summed E-state index contributed by atoms with van der Waals surface area (Å²) in [5, 5.41) is 23.2. The number of azo groups is 2. The van der Waals surface area contributed by atoms with Crippen molar-refractivity contribution in [3.8, 4) is 0 Å². The van der Waals surface area contributed by atoms with Gasteiger partial charge in [0, 0.05) is 40.0 Å². The van der Waals surface area contributed by atoms with Crippen molar-refractivity contribution < 1.29 is 0 Å². The summed E-state index contributed by atoms with van der Waals surface area (Å²) in [7, 11) is 0. The van der Waals surface area contributed by atoms with E-state index < -0.39 is 0 Å². The number of rotatable bonds is 10. The standard InChI is InChI=1S/C30H33N5S2/c1-4-7-10-21-13-15-22(16-14-21)31-33-29-19-27-28(36-29)20-30(37-27)34-32-25-17-18-26(35(5-2)6-3)24-12-9-8-11-23(24)25/h8-9,11-20,27-28H,4-7,10H2,1-3H3. The van der Waals surface area contributed by atoms with E-state index in [2.05, 4.69) is 119 Å². The second kappa shape index (κ2) is 12.1. The number of unbranched alkanes of at least 4 members (excludes halogenated alkanes) is 1. The van der Waals surface area contributed by atoms with Gasteiger partial charge in [-0.3, -0.25) is 0 Å². The molecule has 0 aromatic heterocycles. The lowest BCUT2D eigenvalue weighted by molar-refractivity contribution is 0.795. The predicted octanol–water partition coefficient (Wildman–Crippen LogP) is 9.81. The third kappa shape index (κ3) is 5.99. The van der Waals surface area contributed by atoms with Crippen LogP contribution in [0.15, 0.2) is 103 Å². The molecule has 2 unspecified atom stereocenters. The van der Waals surface area contributed by atoms with Gasteiger partial charge in [-0.1, -0.05) is 73.3 Å². The molecule has 5 nitrogen and oxygen atoms in total. The van der Waals surface area contributed by atoms with Gasteiger partial charge in [0.05, 0.1) is 11.4 Å². The molecule has 0 fully saturated rings. The highest BCUT2D eigenvalue weighted by molar-refractivity contribution is 8.09. The van der Waals surface area contributed by atoms with Crippen molar-refractivity contribution in [1.82, 2.24) is 0 Å². The molecule has 3 aromatic carbocycles. The predicted molar refractivity (Wildman–Crippen MR) is 161 cm³/mol. The van der Waals surface area contributed by atoms with E-state index in [4.69, 9.17) is 0 Å². The van der Waals surface area contributed by atoms with Crippen LogP contribution in [0.25, 0.3) is 10.8 Å². The van der Waals surface area contributed by atoms with Crippen molar-refractivity contribution in [3.05, 3.63) is 88.4 Å². The molecule has 0 N–H and O–H groups in total. The van der Waals surface area contributed by atoms with Crippen LogP contribution in [-0.2, 0) is 6.42 Å². The number of fused-ring (bicyclic) bond motifs is 2. The van der Waals surface area contributed by atoms with E-state index in [0.29, 0.717) is 10.5 Å². The summed E-state index contributed by atoms with van der Waals surface area (Å²) in [6.07, 6.45) is 7.97. The van der Waals surface area contributed by atoms with Crippen LogP contribution < -0.4 is 4.90 Å². The van der Waals surface area contributed by atoms with Crippen molar-refractivity contribution in [2.24, 2.45) is 20.5 Å². The van der Waals surface area contributed by atoms with Gasteiger partial charge in [-0.2, -0.15) is 5.11 Å². The average Bonchev–Trinajstić information content (AvgIpc) is 3.50. The lowest BCUT2D eigenvalue weighted by Crippen LogP contribution is -2.21. The first-order chi connectivity index (χ1) is 18.2. The van der Waals surface area contributed by atoms with Crippen molar-refractivity contribution in [3.63, 3.8) is 0 Å². The summed E-state index contributed by atoms with van der Waals surface area (Å²) in [6, 6.07) is 21.2. The van der Waals surface area contributed by atoms with E-state index in [1.54, 1.807) is 23.5 Å². The van der Waals surface area contributed by atoms with Crippen LogP contribution >= 0.6 is 23.5 Å². The molecule has 2 atom stereocenters. The third-order valence-electron chi connectivity index (χ3n) is 6.71. The smallest absolute Gasteiger partial charge is 0.117 e. The quantitative estimate of drug-likeness (QED) is 0.247. The van der Waals surface area contributed by atoms with E-state index >= 15 is 0 Å². The average molecular weight is 528 g/mol. The Kier molecular flexibility index (Phi) is 8.41. The summed E-state index contributed by atoms with van der Waals surface area (Å²) >= 11 is 3.50. The molecule has 2 aliphatic heterocycles. The Labute approximate surface area is 228 Å². The molecule has 0 bridgehead atoms. The fourth-order valence-electron chi connectivity index (χ4n) is 4.66. The van der Waals surface area contributed by atoms with Crippen molar-refractivity contribution in [2.45, 2.75) is 50.5 Å². The van der Waals surface area contributed by atoms with Crippen LogP contribution in [0, 0.1) is 0 Å². The van der Waals surface area contributed by atoms with E-state index in [1.165, 1.54) is 29.5 Å². The van der Waals surface area contributed by atoms with Gasteiger partial charge in [-0.25, -0.2) is 0 Å². The van der Waals surface area contributed by atoms with Gasteiger partial charge in [0.1, 0.15) is 10.1 Å². The van der Waals surface area contributed by atoms with Crippen LogP contribution in [-0.4, -0.2) is 23.6 Å². The Hall–Kier alpha value is -2.90. The van der Waals surface area contributed by atoms with Gasteiger partial charge in [-0.15, -0.1) is 15.3 Å². The number of thioether (sulfide) groups is 2. The number of anilines is 1. The summed E-state index contributed by atoms with van der Waals surface area (Å²) in [6.45, 7) is 8.56. The van der Waals surface area contributed by atoms with E-state index in [1.807, 2.05) is 0 Å². The van der Waals surface area contributed by atoms with Crippen molar-refractivity contribution >= 4 is 51.4 Å². The molecule has 2 heterocycles. The Morgan fingerprint density at radius 2 is 1.35 bits per heavy atom. The number of aryl methyl sites for hydroxylation is 1. The zero-order valence-corrected chi connectivity index (χ0v) is 23.3. The van der Waals surface area contributed by atoms with Crippen molar-refractivity contribution in [1.29, 1.82) is 0 Å². The number of hydrogen-bond donors (Lipinski definition) is 0. The number of benzene rings is 3. The Morgan fingerprint density at radius 3 is 2.00 bits per heavy atom. The maximum Gasteiger partial charge on any atom is 0.117 e. The molecule has 0 saturated heterocycles. The summed E-state index contributed by atoms with van der Waals surface area (Å²) in [4.78, 5) is 2.38. The molecular weight excluding hydrogens is 494 g/mol. The largest absolute Gasteiger partial charge is 0.372 e. The summed E-state index contributed by atoms with van der Waals surface area (Å²) < 4.78 is 0. The minimum atomic E-state index is 0.325. The van der Waals surface area contributed by atoms with Gasteiger partial charge >= 0.3 is 0 Å². The van der Waals surface area contributed by atoms with Crippen LogP contribution in [0.3, 0.4) is 0 Å². The number of nitrogens with zero attached hydrogens (tertiary/aromatic N) is 5. The molecule has 37 heavy (non-hydrogen) atoms. The molecule has 0 amide bonds. The normalized spacial score (nSPS) is 19.1. The lowest BCUT2D eigenvalue weighted by atomic mass is 10.1. The Balaban J connectivity index is 1.23. The minimum absolute atomic E-state index is 0.325. The lowest BCUT2D eigenvalue weighted by Gasteiger charge is -2.23. The van der Waals surface area contributed by atoms with Gasteiger partial charge in [0.2, 0.25) is 0 Å². The summed E-state index contributed by atoms with van der Waals surface area (Å²) in [5.74, 6) is 0. The van der Waals surface area contributed by atoms with Gasteiger partial charge in [0.25, 0.3) is 0 Å². The van der Waals surface area contributed by atoms with Crippen LogP contribution in [0.5, 0.6) is 0 Å². The maximum atomic E-state index is 4.66. The van der Waals surface area contributed by atoms with Gasteiger partial charge in [0.15, 0.2) is 0 Å². The Bertz CT molecular complexity index is 1360. The Morgan fingerprint density at radius 1 is 0.703 bits per heavy atom. The molecule has 5 rings (SSSR count). The first-order valence-electron chi connectivity index (χ1n) is 13.1. The van der Waals surface area contributed by atoms with Crippen LogP contribution in [0.1, 0.15) is 39.2 Å². The van der Waals surface area contributed by atoms with Crippen LogP contribution in [0.4, 0.5) is 17.1 Å². The zero-order chi connectivity index (χ0) is 25.6. The highest BCUT2D eigenvalue weighted by Crippen LogP contribution is 2.48. The molecule has 3 aromatic rings. The first-order valence-corrected chi connectivity index (χ1v) is 14.9. The van der Waals surface area contributed by atoms with Crippen molar-refractivity contribution in [2.75, 3.05) is 18.0 Å². The third-order valence-corrected chi connectivity index (χ3v) is 9.20. The monoisotopic (exact) mass is 527 g/mol. The highest BCUT2D eigenvalue weighted by atomic mass is 32.2. The molecule has 2 aliphatic rings. The summed E-state index contributed by atoms with van der Waals surface area (Å²) in [5.41, 5.74) is 4.42. The fourth-order valence-corrected chi connectivity index (χ4v) is 7.17. The van der Waals surface area contributed by atoms with Gasteiger partial charge in [-0.05, 0) is 68.7 Å². The highest BCUT2D eigenvalue weighted by Gasteiger charge is 2.34. The first kappa shape index (κ1) is 25.7. The SMILES string of the molecule is CCCCc1ccc(N=NC2=CC3SC(N=Nc4ccc(N(CC)CC)c5ccccc45)=CC3S2)cc1. The fraction of sp³-hybridized carbons (Fsp3) is 0.333. The topological polar surface area (TPSA) is 52.7 Å². The van der Waals surface area contributed by atoms with E-state index in [0.717, 1.165) is 46.3 Å². The van der Waals surface area contributed by atoms with E-state index in [9.17, 15) is 0 Å². The minimum Gasteiger partial charge on any atom is -0.372 e. The number of hydrogen-bond acceptors (Lipinski definition) is 7. The molecule has 7 heteroatoms. The molecular formula is C30H33N5S2.